The molecule has 0 spiro atoms. The number of allylic oxidation sites excluding steroid dienone is 2. The fourth-order valence-electron chi connectivity index (χ4n) is 1.81. The van der Waals surface area contributed by atoms with E-state index in [1.54, 1.807) is 0 Å². The fraction of sp³-hybridized carbons (Fsp3) is 0.714. The molecule has 0 radical (unpaired) electrons. The van der Waals surface area contributed by atoms with Crippen molar-refractivity contribution in [1.29, 1.82) is 0 Å². The molecule has 0 rings (SSSR count). The molecule has 0 saturated carbocycles. The van der Waals surface area contributed by atoms with Crippen LogP contribution in [0.1, 0.15) is 46.0 Å². The lowest BCUT2D eigenvalue weighted by Crippen LogP contribution is -2.05. The smallest absolute Gasteiger partial charge is 0.0433 e. The summed E-state index contributed by atoms with van der Waals surface area (Å²) in [6, 6.07) is 0. The summed E-state index contributed by atoms with van der Waals surface area (Å²) in [5, 5.41) is 8.82. The van der Waals surface area contributed by atoms with E-state index in [1.165, 1.54) is 24.8 Å². The summed E-state index contributed by atoms with van der Waals surface area (Å²) in [5.74, 6) is 1.25. The second kappa shape index (κ2) is 8.72. The predicted octanol–water partition coefficient (Wildman–Crippen LogP) is 3.94. The van der Waals surface area contributed by atoms with E-state index in [0.29, 0.717) is 18.4 Å². The van der Waals surface area contributed by atoms with E-state index >= 15 is 0 Å². The Morgan fingerprint density at radius 1 is 1.27 bits per heavy atom. The molecule has 0 bridgehead atoms. The molecule has 0 aromatic rings. The molecule has 0 aliphatic heterocycles. The molecule has 0 amide bonds. The van der Waals surface area contributed by atoms with Crippen molar-refractivity contribution in [2.45, 2.75) is 46.0 Å². The van der Waals surface area contributed by atoms with E-state index in [9.17, 15) is 0 Å². The molecular formula is C14H26O. The summed E-state index contributed by atoms with van der Waals surface area (Å²) in [4.78, 5) is 0. The number of hydrogen-bond donors (Lipinski definition) is 1. The molecule has 0 aliphatic rings. The van der Waals surface area contributed by atoms with Gasteiger partial charge in [-0.15, -0.1) is 6.58 Å². The Bertz CT molecular complexity index is 184. The highest BCUT2D eigenvalue weighted by Crippen LogP contribution is 2.24. The first-order valence-electron chi connectivity index (χ1n) is 5.99. The molecular weight excluding hydrogens is 184 g/mol. The van der Waals surface area contributed by atoms with Gasteiger partial charge in [0.25, 0.3) is 0 Å². The predicted molar refractivity (Wildman–Crippen MR) is 67.8 cm³/mol. The van der Waals surface area contributed by atoms with E-state index < -0.39 is 0 Å². The van der Waals surface area contributed by atoms with Gasteiger partial charge in [-0.1, -0.05) is 31.6 Å². The molecule has 0 unspecified atom stereocenters. The van der Waals surface area contributed by atoms with E-state index in [1.807, 2.05) is 6.08 Å². The molecule has 0 saturated heterocycles. The summed E-state index contributed by atoms with van der Waals surface area (Å²) in [7, 11) is 0. The second-order valence-electron chi connectivity index (χ2n) is 4.60. The second-order valence-corrected chi connectivity index (χ2v) is 4.60. The van der Waals surface area contributed by atoms with Gasteiger partial charge in [0, 0.05) is 6.61 Å². The van der Waals surface area contributed by atoms with Gasteiger partial charge in [-0.3, -0.25) is 0 Å². The quantitative estimate of drug-likeness (QED) is 0.571. The van der Waals surface area contributed by atoms with Gasteiger partial charge >= 0.3 is 0 Å². The SMILES string of the molecule is C=CCC[C@H](CC[C@@H](C)CCO)C(=C)C. The van der Waals surface area contributed by atoms with Gasteiger partial charge < -0.3 is 5.11 Å². The van der Waals surface area contributed by atoms with Crippen LogP contribution in [0.2, 0.25) is 0 Å². The minimum absolute atomic E-state index is 0.311. The van der Waals surface area contributed by atoms with Crippen molar-refractivity contribution in [3.05, 3.63) is 24.8 Å². The van der Waals surface area contributed by atoms with Crippen molar-refractivity contribution in [2.24, 2.45) is 11.8 Å². The van der Waals surface area contributed by atoms with E-state index in [2.05, 4.69) is 27.0 Å². The van der Waals surface area contributed by atoms with Gasteiger partial charge in [-0.05, 0) is 44.4 Å². The van der Waals surface area contributed by atoms with Gasteiger partial charge in [0.15, 0.2) is 0 Å². The lowest BCUT2D eigenvalue weighted by molar-refractivity contribution is 0.253. The van der Waals surface area contributed by atoms with Gasteiger partial charge in [0.05, 0.1) is 0 Å². The molecule has 15 heavy (non-hydrogen) atoms. The first-order chi connectivity index (χ1) is 7.11. The first kappa shape index (κ1) is 14.4. The zero-order valence-corrected chi connectivity index (χ0v) is 10.3. The van der Waals surface area contributed by atoms with E-state index in [0.717, 1.165) is 12.8 Å². The van der Waals surface area contributed by atoms with Gasteiger partial charge in [0.1, 0.15) is 0 Å². The normalized spacial score (nSPS) is 14.6. The molecule has 0 aliphatic carbocycles. The van der Waals surface area contributed by atoms with E-state index in [-0.39, 0.29) is 0 Å². The van der Waals surface area contributed by atoms with Crippen molar-refractivity contribution < 1.29 is 5.11 Å². The number of aliphatic hydroxyl groups is 1. The summed E-state index contributed by atoms with van der Waals surface area (Å²) < 4.78 is 0. The van der Waals surface area contributed by atoms with Crippen molar-refractivity contribution >= 4 is 0 Å². The Morgan fingerprint density at radius 2 is 1.93 bits per heavy atom. The highest BCUT2D eigenvalue weighted by atomic mass is 16.3. The average Bonchev–Trinajstić information content (AvgIpc) is 2.17. The van der Waals surface area contributed by atoms with Crippen LogP contribution in [0, 0.1) is 11.8 Å². The lowest BCUT2D eigenvalue weighted by atomic mass is 9.88. The maximum Gasteiger partial charge on any atom is 0.0433 e. The highest BCUT2D eigenvalue weighted by Gasteiger charge is 2.10. The van der Waals surface area contributed by atoms with Crippen molar-refractivity contribution in [1.82, 2.24) is 0 Å². The number of aliphatic hydroxyl groups excluding tert-OH is 1. The summed E-state index contributed by atoms with van der Waals surface area (Å²) in [5.41, 5.74) is 1.29. The fourth-order valence-corrected chi connectivity index (χ4v) is 1.81. The third-order valence-electron chi connectivity index (χ3n) is 3.05. The van der Waals surface area contributed by atoms with Crippen LogP contribution in [0.15, 0.2) is 24.8 Å². The Labute approximate surface area is 94.9 Å². The van der Waals surface area contributed by atoms with Crippen LogP contribution in [-0.4, -0.2) is 11.7 Å². The highest BCUT2D eigenvalue weighted by molar-refractivity contribution is 4.96. The average molecular weight is 210 g/mol. The zero-order chi connectivity index (χ0) is 11.7. The lowest BCUT2D eigenvalue weighted by Gasteiger charge is -2.18. The topological polar surface area (TPSA) is 20.2 Å². The van der Waals surface area contributed by atoms with Crippen molar-refractivity contribution in [2.75, 3.05) is 6.61 Å². The first-order valence-corrected chi connectivity index (χ1v) is 5.99. The maximum absolute atomic E-state index is 8.82. The van der Waals surface area contributed by atoms with Crippen LogP contribution in [0.3, 0.4) is 0 Å². The molecule has 0 fully saturated rings. The Morgan fingerprint density at radius 3 is 2.40 bits per heavy atom. The molecule has 1 nitrogen and oxygen atoms in total. The molecule has 1 heteroatoms. The molecule has 0 heterocycles. The third kappa shape index (κ3) is 7.38. The zero-order valence-electron chi connectivity index (χ0n) is 10.3. The summed E-state index contributed by atoms with van der Waals surface area (Å²) in [6.45, 7) is 12.4. The van der Waals surface area contributed by atoms with Gasteiger partial charge in [0.2, 0.25) is 0 Å². The Balaban J connectivity index is 3.84. The number of hydrogen-bond acceptors (Lipinski definition) is 1. The minimum atomic E-state index is 0.311. The number of rotatable bonds is 9. The van der Waals surface area contributed by atoms with Crippen LogP contribution in [0.25, 0.3) is 0 Å². The van der Waals surface area contributed by atoms with Crippen LogP contribution in [0.4, 0.5) is 0 Å². The van der Waals surface area contributed by atoms with Crippen molar-refractivity contribution in [3.63, 3.8) is 0 Å². The molecule has 1 N–H and O–H groups in total. The Kier molecular flexibility index (Phi) is 8.40. The third-order valence-corrected chi connectivity index (χ3v) is 3.05. The van der Waals surface area contributed by atoms with Gasteiger partial charge in [-0.2, -0.15) is 0 Å². The van der Waals surface area contributed by atoms with Crippen LogP contribution < -0.4 is 0 Å². The summed E-state index contributed by atoms with van der Waals surface area (Å²) >= 11 is 0. The van der Waals surface area contributed by atoms with Crippen LogP contribution in [-0.2, 0) is 0 Å². The monoisotopic (exact) mass is 210 g/mol. The van der Waals surface area contributed by atoms with Gasteiger partial charge in [-0.25, -0.2) is 0 Å². The van der Waals surface area contributed by atoms with Crippen molar-refractivity contribution in [3.8, 4) is 0 Å². The summed E-state index contributed by atoms with van der Waals surface area (Å²) in [6.07, 6.45) is 7.54. The molecule has 2 atom stereocenters. The molecule has 88 valence electrons. The molecule has 0 aromatic heterocycles. The van der Waals surface area contributed by atoms with Crippen LogP contribution >= 0.6 is 0 Å². The largest absolute Gasteiger partial charge is 0.396 e. The Hall–Kier alpha value is -0.560. The minimum Gasteiger partial charge on any atom is -0.396 e. The molecule has 0 aromatic carbocycles. The standard InChI is InChI=1S/C14H26O/c1-5-6-7-14(12(2)3)9-8-13(4)10-11-15/h5,13-15H,1-2,6-11H2,3-4H3/t13-,14-/m1/s1. The van der Waals surface area contributed by atoms with E-state index in [4.69, 9.17) is 5.11 Å². The van der Waals surface area contributed by atoms with Crippen LogP contribution in [0.5, 0.6) is 0 Å². The maximum atomic E-state index is 8.82.